The van der Waals surface area contributed by atoms with E-state index in [9.17, 15) is 8.42 Å². The van der Waals surface area contributed by atoms with Gasteiger partial charge in [0.15, 0.2) is 0 Å². The third kappa shape index (κ3) is 3.39. The second-order valence-electron chi connectivity index (χ2n) is 3.14. The molecule has 0 aliphatic carbocycles. The van der Waals surface area contributed by atoms with E-state index in [0.29, 0.717) is 5.69 Å². The molecule has 0 saturated heterocycles. The molecule has 1 heterocycles. The fraction of sp³-hybridized carbons (Fsp3) is 0.500. The highest BCUT2D eigenvalue weighted by Crippen LogP contribution is 2.02. The van der Waals surface area contributed by atoms with Crippen molar-refractivity contribution in [3.8, 4) is 0 Å². The smallest absolute Gasteiger partial charge is 0.209 e. The first kappa shape index (κ1) is 11.1. The number of aryl methyl sites for hydroxylation is 2. The van der Waals surface area contributed by atoms with Gasteiger partial charge >= 0.3 is 0 Å². The lowest BCUT2D eigenvalue weighted by molar-refractivity contribution is 0.586. The van der Waals surface area contributed by atoms with Gasteiger partial charge in [-0.05, 0) is 13.8 Å². The fourth-order valence-corrected chi connectivity index (χ4v) is 1.35. The number of hydrogen-bond donors (Lipinski definition) is 1. The zero-order chi connectivity index (χ0) is 10.8. The van der Waals surface area contributed by atoms with Crippen LogP contribution in [0.5, 0.6) is 0 Å². The summed E-state index contributed by atoms with van der Waals surface area (Å²) >= 11 is 0. The van der Waals surface area contributed by atoms with Crippen molar-refractivity contribution in [2.75, 3.05) is 6.26 Å². The van der Waals surface area contributed by atoms with Crippen molar-refractivity contribution in [2.45, 2.75) is 20.4 Å². The Morgan fingerprint density at radius 2 is 2.07 bits per heavy atom. The van der Waals surface area contributed by atoms with Gasteiger partial charge in [-0.15, -0.1) is 0 Å². The minimum absolute atomic E-state index is 0.194. The van der Waals surface area contributed by atoms with Gasteiger partial charge in [-0.25, -0.2) is 13.1 Å². The van der Waals surface area contributed by atoms with E-state index in [2.05, 4.69) is 14.7 Å². The number of rotatable bonds is 3. The number of hydrogen-bond acceptors (Lipinski definition) is 4. The van der Waals surface area contributed by atoms with Crippen molar-refractivity contribution in [1.82, 2.24) is 14.7 Å². The standard InChI is InChI=1S/C8H13N3O2S/c1-6-4-9-7(2)8(11-6)5-10-14(3,12)13/h4,10H,5H2,1-3H3. The molecule has 6 heteroatoms. The molecule has 0 fully saturated rings. The Bertz CT molecular complexity index is 428. The molecule has 5 nitrogen and oxygen atoms in total. The van der Waals surface area contributed by atoms with E-state index in [1.807, 2.05) is 6.92 Å². The number of nitrogens with one attached hydrogen (secondary N) is 1. The lowest BCUT2D eigenvalue weighted by Gasteiger charge is -2.05. The van der Waals surface area contributed by atoms with Crippen LogP contribution >= 0.6 is 0 Å². The predicted octanol–water partition coefficient (Wildman–Crippen LogP) is 0.143. The molecule has 0 radical (unpaired) electrons. The summed E-state index contributed by atoms with van der Waals surface area (Å²) in [6.07, 6.45) is 2.77. The summed E-state index contributed by atoms with van der Waals surface area (Å²) in [6, 6.07) is 0. The summed E-state index contributed by atoms with van der Waals surface area (Å²) in [5, 5.41) is 0. The van der Waals surface area contributed by atoms with Crippen LogP contribution in [0, 0.1) is 13.8 Å². The monoisotopic (exact) mass is 215 g/mol. The van der Waals surface area contributed by atoms with E-state index in [-0.39, 0.29) is 6.54 Å². The normalized spacial score (nSPS) is 11.6. The molecule has 0 unspecified atom stereocenters. The van der Waals surface area contributed by atoms with E-state index in [4.69, 9.17) is 0 Å². The molecule has 1 aromatic heterocycles. The van der Waals surface area contributed by atoms with Crippen LogP contribution in [0.2, 0.25) is 0 Å². The summed E-state index contributed by atoms with van der Waals surface area (Å²) in [6.45, 7) is 3.81. The maximum Gasteiger partial charge on any atom is 0.209 e. The Hall–Kier alpha value is -1.01. The Balaban J connectivity index is 2.81. The summed E-state index contributed by atoms with van der Waals surface area (Å²) in [5.41, 5.74) is 2.18. The van der Waals surface area contributed by atoms with Crippen LogP contribution in [0.1, 0.15) is 17.1 Å². The van der Waals surface area contributed by atoms with E-state index >= 15 is 0 Å². The van der Waals surface area contributed by atoms with Crippen molar-refractivity contribution in [3.05, 3.63) is 23.3 Å². The van der Waals surface area contributed by atoms with E-state index in [1.54, 1.807) is 13.1 Å². The largest absolute Gasteiger partial charge is 0.258 e. The highest BCUT2D eigenvalue weighted by atomic mass is 32.2. The van der Waals surface area contributed by atoms with Crippen molar-refractivity contribution in [3.63, 3.8) is 0 Å². The van der Waals surface area contributed by atoms with Crippen LogP contribution in [-0.4, -0.2) is 24.6 Å². The zero-order valence-electron chi connectivity index (χ0n) is 8.40. The second-order valence-corrected chi connectivity index (χ2v) is 4.97. The van der Waals surface area contributed by atoms with Gasteiger partial charge in [0.05, 0.1) is 29.9 Å². The van der Waals surface area contributed by atoms with Crippen LogP contribution in [0.25, 0.3) is 0 Å². The topological polar surface area (TPSA) is 72.0 Å². The maximum absolute atomic E-state index is 10.8. The molecule has 0 aliphatic heterocycles. The van der Waals surface area contributed by atoms with Crippen LogP contribution in [0.4, 0.5) is 0 Å². The molecule has 0 spiro atoms. The first-order valence-corrected chi connectivity index (χ1v) is 6.01. The van der Waals surface area contributed by atoms with Crippen LogP contribution in [0.3, 0.4) is 0 Å². The van der Waals surface area contributed by atoms with Crippen molar-refractivity contribution in [1.29, 1.82) is 0 Å². The molecular weight excluding hydrogens is 202 g/mol. The van der Waals surface area contributed by atoms with Crippen LogP contribution < -0.4 is 4.72 Å². The first-order chi connectivity index (χ1) is 6.38. The lowest BCUT2D eigenvalue weighted by Crippen LogP contribution is -2.22. The Kier molecular flexibility index (Phi) is 3.17. The number of aromatic nitrogens is 2. The fourth-order valence-electron chi connectivity index (χ4n) is 0.954. The van der Waals surface area contributed by atoms with Gasteiger partial charge in [-0.2, -0.15) is 0 Å². The van der Waals surface area contributed by atoms with Gasteiger partial charge in [-0.3, -0.25) is 9.97 Å². The lowest BCUT2D eigenvalue weighted by atomic mass is 10.3. The van der Waals surface area contributed by atoms with Crippen molar-refractivity contribution >= 4 is 10.0 Å². The van der Waals surface area contributed by atoms with Gasteiger partial charge in [0, 0.05) is 6.20 Å². The third-order valence-electron chi connectivity index (χ3n) is 1.68. The molecule has 0 aliphatic rings. The molecular formula is C8H13N3O2S. The van der Waals surface area contributed by atoms with Gasteiger partial charge in [0.1, 0.15) is 0 Å². The SMILES string of the molecule is Cc1cnc(C)c(CNS(C)(=O)=O)n1. The molecule has 1 aromatic rings. The minimum Gasteiger partial charge on any atom is -0.258 e. The van der Waals surface area contributed by atoms with Gasteiger partial charge in [0.2, 0.25) is 10.0 Å². The van der Waals surface area contributed by atoms with Gasteiger partial charge in [0.25, 0.3) is 0 Å². The highest BCUT2D eigenvalue weighted by molar-refractivity contribution is 7.88. The predicted molar refractivity (Wildman–Crippen MR) is 53.2 cm³/mol. The quantitative estimate of drug-likeness (QED) is 0.778. The molecule has 1 N–H and O–H groups in total. The molecule has 0 aromatic carbocycles. The average Bonchev–Trinajstić information content (AvgIpc) is 2.05. The van der Waals surface area contributed by atoms with Crippen molar-refractivity contribution < 1.29 is 8.42 Å². The third-order valence-corrected chi connectivity index (χ3v) is 2.34. The summed E-state index contributed by atoms with van der Waals surface area (Å²) in [5.74, 6) is 0. The Morgan fingerprint density at radius 1 is 1.43 bits per heavy atom. The van der Waals surface area contributed by atoms with E-state index < -0.39 is 10.0 Å². The highest BCUT2D eigenvalue weighted by Gasteiger charge is 2.05. The van der Waals surface area contributed by atoms with Crippen molar-refractivity contribution in [2.24, 2.45) is 0 Å². The van der Waals surface area contributed by atoms with Crippen LogP contribution in [-0.2, 0) is 16.6 Å². The average molecular weight is 215 g/mol. The molecule has 0 bridgehead atoms. The van der Waals surface area contributed by atoms with E-state index in [1.165, 1.54) is 0 Å². The summed E-state index contributed by atoms with van der Waals surface area (Å²) in [4.78, 5) is 8.27. The molecule has 0 atom stereocenters. The first-order valence-electron chi connectivity index (χ1n) is 4.12. The Labute approximate surface area is 83.6 Å². The van der Waals surface area contributed by atoms with Crippen LogP contribution in [0.15, 0.2) is 6.20 Å². The van der Waals surface area contributed by atoms with Gasteiger partial charge in [-0.1, -0.05) is 0 Å². The number of nitrogens with zero attached hydrogens (tertiary/aromatic N) is 2. The summed E-state index contributed by atoms with van der Waals surface area (Å²) in [7, 11) is -3.17. The zero-order valence-corrected chi connectivity index (χ0v) is 9.22. The molecule has 78 valence electrons. The summed E-state index contributed by atoms with van der Waals surface area (Å²) < 4.78 is 24.1. The number of sulfonamides is 1. The van der Waals surface area contributed by atoms with Gasteiger partial charge < -0.3 is 0 Å². The minimum atomic E-state index is -3.17. The van der Waals surface area contributed by atoms with E-state index in [0.717, 1.165) is 17.6 Å². The molecule has 14 heavy (non-hydrogen) atoms. The molecule has 0 amide bonds. The maximum atomic E-state index is 10.8. The second kappa shape index (κ2) is 4.02. The Morgan fingerprint density at radius 3 is 2.64 bits per heavy atom. The molecule has 1 rings (SSSR count). The molecule has 0 saturated carbocycles.